The Bertz CT molecular complexity index is 744. The second-order valence-electron chi connectivity index (χ2n) is 5.10. The first-order chi connectivity index (χ1) is 10.2. The Labute approximate surface area is 128 Å². The van der Waals surface area contributed by atoms with Crippen LogP contribution in [-0.2, 0) is 13.0 Å². The van der Waals surface area contributed by atoms with E-state index in [9.17, 15) is 0 Å². The highest BCUT2D eigenvalue weighted by molar-refractivity contribution is 7.09. The molecule has 0 fully saturated rings. The Balaban J connectivity index is 1.96. The highest BCUT2D eigenvalue weighted by Gasteiger charge is 2.17. The highest BCUT2D eigenvalue weighted by atomic mass is 32.1. The van der Waals surface area contributed by atoms with Gasteiger partial charge in [-0.05, 0) is 33.0 Å². The van der Waals surface area contributed by atoms with Gasteiger partial charge < -0.3 is 9.88 Å². The van der Waals surface area contributed by atoms with E-state index in [0.717, 1.165) is 35.0 Å². The number of hydrogen-bond acceptors (Lipinski definition) is 4. The zero-order valence-electron chi connectivity index (χ0n) is 12.6. The van der Waals surface area contributed by atoms with E-state index in [1.54, 1.807) is 11.3 Å². The van der Waals surface area contributed by atoms with Gasteiger partial charge in [-0.2, -0.15) is 0 Å². The molecule has 2 heterocycles. The van der Waals surface area contributed by atoms with Crippen molar-refractivity contribution in [1.29, 1.82) is 0 Å². The fraction of sp³-hybridized carbons (Fsp3) is 0.375. The zero-order valence-corrected chi connectivity index (χ0v) is 13.4. The number of likely N-dealkylation sites (N-methyl/N-ethyl adjacent to an activating group) is 1. The maximum atomic E-state index is 4.80. The van der Waals surface area contributed by atoms with Gasteiger partial charge in [0.15, 0.2) is 0 Å². The summed E-state index contributed by atoms with van der Waals surface area (Å²) >= 11 is 1.70. The van der Waals surface area contributed by atoms with Crippen molar-refractivity contribution < 1.29 is 0 Å². The van der Waals surface area contributed by atoms with E-state index in [4.69, 9.17) is 4.98 Å². The minimum absolute atomic E-state index is 0.206. The van der Waals surface area contributed by atoms with Crippen LogP contribution in [0.2, 0.25) is 0 Å². The molecule has 1 atom stereocenters. The summed E-state index contributed by atoms with van der Waals surface area (Å²) in [6.45, 7) is 5.14. The lowest BCUT2D eigenvalue weighted by Gasteiger charge is -2.14. The first-order valence-corrected chi connectivity index (χ1v) is 8.14. The Kier molecular flexibility index (Phi) is 4.03. The Morgan fingerprint density at radius 3 is 2.76 bits per heavy atom. The van der Waals surface area contributed by atoms with Crippen LogP contribution in [0.5, 0.6) is 0 Å². The number of imidazole rings is 1. The Morgan fingerprint density at radius 2 is 2.10 bits per heavy atom. The van der Waals surface area contributed by atoms with E-state index in [-0.39, 0.29) is 6.04 Å². The lowest BCUT2D eigenvalue weighted by atomic mass is 10.1. The van der Waals surface area contributed by atoms with E-state index in [2.05, 4.69) is 45.4 Å². The first-order valence-electron chi connectivity index (χ1n) is 7.26. The molecule has 0 aliphatic heterocycles. The van der Waals surface area contributed by atoms with Crippen LogP contribution < -0.4 is 5.32 Å². The molecule has 110 valence electrons. The highest BCUT2D eigenvalue weighted by Crippen LogP contribution is 2.23. The van der Waals surface area contributed by atoms with Crippen LogP contribution in [0.1, 0.15) is 29.5 Å². The van der Waals surface area contributed by atoms with Gasteiger partial charge in [-0.25, -0.2) is 9.97 Å². The molecule has 1 unspecified atom stereocenters. The lowest BCUT2D eigenvalue weighted by Crippen LogP contribution is -2.21. The van der Waals surface area contributed by atoms with Gasteiger partial charge in [0.1, 0.15) is 5.82 Å². The van der Waals surface area contributed by atoms with Crippen LogP contribution >= 0.6 is 11.3 Å². The summed E-state index contributed by atoms with van der Waals surface area (Å²) in [5, 5.41) is 6.61. The monoisotopic (exact) mass is 300 g/mol. The van der Waals surface area contributed by atoms with Gasteiger partial charge in [0, 0.05) is 18.3 Å². The SMILES string of the molecule is CCn1c(CC(NC)c2csc(C)n2)nc2ccccc21. The molecule has 21 heavy (non-hydrogen) atoms. The molecule has 0 saturated heterocycles. The van der Waals surface area contributed by atoms with Crippen molar-refractivity contribution in [2.45, 2.75) is 32.9 Å². The number of hydrogen-bond donors (Lipinski definition) is 1. The standard InChI is InChI=1S/C16H20N4S/c1-4-20-15-8-6-5-7-12(15)19-16(20)9-13(17-3)14-10-21-11(2)18-14/h5-8,10,13,17H,4,9H2,1-3H3. The molecule has 4 nitrogen and oxygen atoms in total. The summed E-state index contributed by atoms with van der Waals surface area (Å²) < 4.78 is 2.29. The maximum absolute atomic E-state index is 4.80. The largest absolute Gasteiger partial charge is 0.328 e. The second-order valence-corrected chi connectivity index (χ2v) is 6.16. The zero-order chi connectivity index (χ0) is 14.8. The van der Waals surface area contributed by atoms with Gasteiger partial charge in [0.05, 0.1) is 27.8 Å². The van der Waals surface area contributed by atoms with Crippen molar-refractivity contribution in [2.75, 3.05) is 7.05 Å². The van der Waals surface area contributed by atoms with Crippen molar-refractivity contribution in [3.8, 4) is 0 Å². The van der Waals surface area contributed by atoms with Gasteiger partial charge in [-0.3, -0.25) is 0 Å². The van der Waals surface area contributed by atoms with Gasteiger partial charge >= 0.3 is 0 Å². The van der Waals surface area contributed by atoms with Gasteiger partial charge in [0.2, 0.25) is 0 Å². The first kappa shape index (κ1) is 14.2. The molecule has 5 heteroatoms. The molecule has 2 aromatic heterocycles. The van der Waals surface area contributed by atoms with E-state index < -0.39 is 0 Å². The molecule has 1 N–H and O–H groups in total. The summed E-state index contributed by atoms with van der Waals surface area (Å²) in [6.07, 6.45) is 0.849. The number of thiazole rings is 1. The average Bonchev–Trinajstić information content (AvgIpc) is 3.07. The Morgan fingerprint density at radius 1 is 1.29 bits per heavy atom. The van der Waals surface area contributed by atoms with Crippen LogP contribution in [0, 0.1) is 6.92 Å². The third kappa shape index (κ3) is 2.71. The number of benzene rings is 1. The van der Waals surface area contributed by atoms with Gasteiger partial charge in [0.25, 0.3) is 0 Å². The van der Waals surface area contributed by atoms with Crippen molar-refractivity contribution >= 4 is 22.4 Å². The molecule has 0 saturated carbocycles. The quantitative estimate of drug-likeness (QED) is 0.786. The second kappa shape index (κ2) is 5.95. The predicted molar refractivity (Wildman–Crippen MR) is 87.8 cm³/mol. The minimum Gasteiger partial charge on any atom is -0.328 e. The van der Waals surface area contributed by atoms with Crippen LogP contribution in [0.15, 0.2) is 29.6 Å². The lowest BCUT2D eigenvalue weighted by molar-refractivity contribution is 0.546. The minimum atomic E-state index is 0.206. The fourth-order valence-corrected chi connectivity index (χ4v) is 3.38. The summed E-state index contributed by atoms with van der Waals surface area (Å²) in [5.41, 5.74) is 3.38. The molecule has 0 aliphatic carbocycles. The third-order valence-corrected chi connectivity index (χ3v) is 4.57. The smallest absolute Gasteiger partial charge is 0.111 e. The van der Waals surface area contributed by atoms with E-state index in [0.29, 0.717) is 0 Å². The molecule has 0 aliphatic rings. The summed E-state index contributed by atoms with van der Waals surface area (Å²) in [5.74, 6) is 1.11. The third-order valence-electron chi connectivity index (χ3n) is 3.78. The molecular weight excluding hydrogens is 280 g/mol. The van der Waals surface area contributed by atoms with Gasteiger partial charge in [-0.1, -0.05) is 12.1 Å². The molecule has 0 radical (unpaired) electrons. The molecule has 0 bridgehead atoms. The Hall–Kier alpha value is -1.72. The van der Waals surface area contributed by atoms with E-state index in [1.165, 1.54) is 5.52 Å². The number of aryl methyl sites for hydroxylation is 2. The van der Waals surface area contributed by atoms with Crippen molar-refractivity contribution in [3.63, 3.8) is 0 Å². The van der Waals surface area contributed by atoms with Crippen LogP contribution in [0.25, 0.3) is 11.0 Å². The van der Waals surface area contributed by atoms with E-state index in [1.807, 2.05) is 20.0 Å². The van der Waals surface area contributed by atoms with Gasteiger partial charge in [-0.15, -0.1) is 11.3 Å². The number of aromatic nitrogens is 3. The number of para-hydroxylation sites is 2. The molecule has 0 spiro atoms. The molecule has 0 amide bonds. The fourth-order valence-electron chi connectivity index (χ4n) is 2.71. The molecular formula is C16H20N4S. The predicted octanol–water partition coefficient (Wildman–Crippen LogP) is 3.32. The molecule has 3 rings (SSSR count). The van der Waals surface area contributed by atoms with Crippen LogP contribution in [0.3, 0.4) is 0 Å². The van der Waals surface area contributed by atoms with Crippen LogP contribution in [0.4, 0.5) is 0 Å². The topological polar surface area (TPSA) is 42.7 Å². The van der Waals surface area contributed by atoms with E-state index >= 15 is 0 Å². The average molecular weight is 300 g/mol. The summed E-state index contributed by atoms with van der Waals surface area (Å²) in [6, 6.07) is 8.53. The van der Waals surface area contributed by atoms with Crippen LogP contribution in [-0.4, -0.2) is 21.6 Å². The van der Waals surface area contributed by atoms with Crippen molar-refractivity contribution in [1.82, 2.24) is 19.9 Å². The summed E-state index contributed by atoms with van der Waals surface area (Å²) in [7, 11) is 1.98. The van der Waals surface area contributed by atoms with Crippen molar-refractivity contribution in [3.05, 3.63) is 46.2 Å². The maximum Gasteiger partial charge on any atom is 0.111 e. The number of nitrogens with one attached hydrogen (secondary N) is 1. The number of fused-ring (bicyclic) bond motifs is 1. The normalized spacial score (nSPS) is 12.9. The number of nitrogens with zero attached hydrogens (tertiary/aromatic N) is 3. The molecule has 1 aromatic carbocycles. The molecule has 3 aromatic rings. The number of rotatable bonds is 5. The van der Waals surface area contributed by atoms with Crippen molar-refractivity contribution in [2.24, 2.45) is 0 Å². The summed E-state index contributed by atoms with van der Waals surface area (Å²) in [4.78, 5) is 9.41.